The van der Waals surface area contributed by atoms with E-state index in [0.29, 0.717) is 30.9 Å². The second-order valence-electron chi connectivity index (χ2n) is 8.12. The van der Waals surface area contributed by atoms with Crippen molar-refractivity contribution in [3.05, 3.63) is 41.1 Å². The van der Waals surface area contributed by atoms with Gasteiger partial charge in [-0.15, -0.1) is 0 Å². The van der Waals surface area contributed by atoms with Gasteiger partial charge in [-0.2, -0.15) is 33.0 Å². The SMILES string of the molecule is Cn1nc(C(C)(F)F)c(OC(F)F)c1-n1cc(-c2cnc(Cl)c(C(=O)CC3(C#N)CC3)c2)cn1. The van der Waals surface area contributed by atoms with Gasteiger partial charge in [-0.05, 0) is 18.9 Å². The maximum absolute atomic E-state index is 13.9. The van der Waals surface area contributed by atoms with Crippen molar-refractivity contribution in [3.8, 4) is 28.8 Å². The maximum Gasteiger partial charge on any atom is 0.387 e. The zero-order chi connectivity index (χ0) is 24.8. The van der Waals surface area contributed by atoms with Gasteiger partial charge in [0, 0.05) is 43.9 Å². The Morgan fingerprint density at radius 3 is 2.65 bits per heavy atom. The van der Waals surface area contributed by atoms with Crippen LogP contribution < -0.4 is 4.74 Å². The van der Waals surface area contributed by atoms with E-state index in [1.54, 1.807) is 0 Å². The summed E-state index contributed by atoms with van der Waals surface area (Å²) in [6.45, 7) is -2.85. The summed E-state index contributed by atoms with van der Waals surface area (Å²) < 4.78 is 60.2. The molecular weight excluding hydrogens is 480 g/mol. The molecule has 0 aliphatic heterocycles. The fraction of sp³-hybridized carbons (Fsp3) is 0.381. The van der Waals surface area contributed by atoms with E-state index in [1.165, 1.54) is 31.7 Å². The van der Waals surface area contributed by atoms with Crippen LogP contribution in [0.25, 0.3) is 16.9 Å². The van der Waals surface area contributed by atoms with Crippen LogP contribution in [-0.2, 0) is 13.0 Å². The monoisotopic (exact) mass is 496 g/mol. The normalized spacial score (nSPS) is 14.8. The Hall–Kier alpha value is -3.46. The van der Waals surface area contributed by atoms with E-state index < -0.39 is 29.4 Å². The quantitative estimate of drug-likeness (QED) is 0.249. The first-order valence-corrected chi connectivity index (χ1v) is 10.4. The molecule has 13 heteroatoms. The number of carbonyl (C=O) groups is 1. The summed E-state index contributed by atoms with van der Waals surface area (Å²) in [7, 11) is 1.29. The molecule has 0 atom stereocenters. The third-order valence-electron chi connectivity index (χ3n) is 5.46. The number of nitrogens with zero attached hydrogens (tertiary/aromatic N) is 6. The van der Waals surface area contributed by atoms with Crippen molar-refractivity contribution in [2.75, 3.05) is 0 Å². The Morgan fingerprint density at radius 1 is 1.35 bits per heavy atom. The maximum atomic E-state index is 13.9. The first-order valence-electron chi connectivity index (χ1n) is 9.99. The number of hydrogen-bond donors (Lipinski definition) is 0. The summed E-state index contributed by atoms with van der Waals surface area (Å²) in [5.41, 5.74) is -0.687. The van der Waals surface area contributed by atoms with Crippen molar-refractivity contribution in [1.82, 2.24) is 24.5 Å². The summed E-state index contributed by atoms with van der Waals surface area (Å²) in [6, 6.07) is 3.64. The average Bonchev–Trinajstić information content (AvgIpc) is 3.21. The molecule has 0 aromatic carbocycles. The van der Waals surface area contributed by atoms with Gasteiger partial charge in [0.1, 0.15) is 5.15 Å². The van der Waals surface area contributed by atoms with E-state index in [2.05, 4.69) is 26.0 Å². The minimum absolute atomic E-state index is 0.0188. The van der Waals surface area contributed by atoms with Crippen LogP contribution in [0.2, 0.25) is 5.15 Å². The van der Waals surface area contributed by atoms with Crippen LogP contribution in [0.15, 0.2) is 24.7 Å². The standard InChI is InChI=1S/C21H17ClF4N6O2/c1-20(25,26)16-15(34-19(23)24)18(31(2)30-16)32-9-12(8-29-32)11-5-13(17(22)28-7-11)14(33)6-21(10-27)3-4-21/h5,7-9,19H,3-4,6H2,1-2H3. The molecule has 3 aromatic heterocycles. The predicted octanol–water partition coefficient (Wildman–Crippen LogP) is 4.91. The van der Waals surface area contributed by atoms with Gasteiger partial charge in [0.25, 0.3) is 5.92 Å². The first-order chi connectivity index (χ1) is 15.9. The molecule has 0 saturated heterocycles. The highest BCUT2D eigenvalue weighted by molar-refractivity contribution is 6.32. The summed E-state index contributed by atoms with van der Waals surface area (Å²) in [4.78, 5) is 16.7. The molecule has 0 radical (unpaired) electrons. The Labute approximate surface area is 195 Å². The van der Waals surface area contributed by atoms with Crippen molar-refractivity contribution in [3.63, 3.8) is 0 Å². The fourth-order valence-electron chi connectivity index (χ4n) is 3.50. The van der Waals surface area contributed by atoms with Crippen molar-refractivity contribution >= 4 is 17.4 Å². The number of aromatic nitrogens is 5. The minimum atomic E-state index is -3.55. The lowest BCUT2D eigenvalue weighted by Gasteiger charge is -2.11. The fourth-order valence-corrected chi connectivity index (χ4v) is 3.71. The number of halogens is 5. The van der Waals surface area contributed by atoms with Crippen molar-refractivity contribution in [2.24, 2.45) is 12.5 Å². The number of carbonyl (C=O) groups excluding carboxylic acids is 1. The molecule has 8 nitrogen and oxygen atoms in total. The van der Waals surface area contributed by atoms with Gasteiger partial charge in [-0.3, -0.25) is 4.79 Å². The number of pyridine rings is 1. The predicted molar refractivity (Wildman–Crippen MR) is 111 cm³/mol. The van der Waals surface area contributed by atoms with E-state index in [4.69, 9.17) is 11.6 Å². The van der Waals surface area contributed by atoms with Gasteiger partial charge in [0.2, 0.25) is 0 Å². The molecule has 4 rings (SSSR count). The van der Waals surface area contributed by atoms with E-state index in [0.717, 1.165) is 9.36 Å². The second-order valence-corrected chi connectivity index (χ2v) is 8.48. The van der Waals surface area contributed by atoms with Gasteiger partial charge in [-0.1, -0.05) is 11.6 Å². The van der Waals surface area contributed by atoms with Crippen LogP contribution in [0.5, 0.6) is 5.75 Å². The molecule has 34 heavy (non-hydrogen) atoms. The van der Waals surface area contributed by atoms with Gasteiger partial charge < -0.3 is 4.74 Å². The molecule has 3 heterocycles. The highest BCUT2D eigenvalue weighted by atomic mass is 35.5. The third kappa shape index (κ3) is 4.48. The van der Waals surface area contributed by atoms with Crippen molar-refractivity contribution in [1.29, 1.82) is 5.26 Å². The lowest BCUT2D eigenvalue weighted by Crippen LogP contribution is -2.13. The van der Waals surface area contributed by atoms with E-state index in [9.17, 15) is 27.6 Å². The first kappa shape index (κ1) is 23.7. The third-order valence-corrected chi connectivity index (χ3v) is 5.76. The van der Waals surface area contributed by atoms with E-state index in [-0.39, 0.29) is 28.7 Å². The Balaban J connectivity index is 1.71. The van der Waals surface area contributed by atoms with Gasteiger partial charge in [0.15, 0.2) is 23.0 Å². The number of rotatable bonds is 8. The summed E-state index contributed by atoms with van der Waals surface area (Å²) in [5, 5.41) is 16.9. The Morgan fingerprint density at radius 2 is 2.06 bits per heavy atom. The lowest BCUT2D eigenvalue weighted by atomic mass is 9.97. The molecule has 1 saturated carbocycles. The number of Topliss-reactive ketones (excluding diaryl/α,β-unsaturated/α-hetero) is 1. The number of aryl methyl sites for hydroxylation is 1. The molecule has 178 valence electrons. The highest BCUT2D eigenvalue weighted by Crippen LogP contribution is 2.49. The summed E-state index contributed by atoms with van der Waals surface area (Å²) >= 11 is 6.10. The smallest absolute Gasteiger partial charge is 0.387 e. The second kappa shape index (κ2) is 8.39. The molecule has 0 N–H and O–H groups in total. The number of ketones is 1. The number of ether oxygens (including phenoxy) is 1. The number of nitriles is 1. The number of alkyl halides is 4. The van der Waals surface area contributed by atoms with Gasteiger partial charge in [-0.25, -0.2) is 14.3 Å². The molecule has 1 aliphatic rings. The van der Waals surface area contributed by atoms with Crippen LogP contribution >= 0.6 is 11.6 Å². The molecule has 0 amide bonds. The molecular formula is C21H17ClF4N6O2. The van der Waals surface area contributed by atoms with Crippen molar-refractivity contribution < 1.29 is 27.1 Å². The zero-order valence-electron chi connectivity index (χ0n) is 17.9. The minimum Gasteiger partial charge on any atom is -0.428 e. The topological polar surface area (TPSA) is 98.6 Å². The molecule has 1 aliphatic carbocycles. The Bertz CT molecular complexity index is 1300. The van der Waals surface area contributed by atoms with E-state index in [1.807, 2.05) is 0 Å². The summed E-state index contributed by atoms with van der Waals surface area (Å²) in [6.07, 6.45) is 5.37. The van der Waals surface area contributed by atoms with Gasteiger partial charge in [0.05, 0.1) is 23.2 Å². The number of hydrogen-bond acceptors (Lipinski definition) is 6. The largest absolute Gasteiger partial charge is 0.428 e. The Kier molecular flexibility index (Phi) is 5.85. The lowest BCUT2D eigenvalue weighted by molar-refractivity contribution is -0.0565. The van der Waals surface area contributed by atoms with Crippen LogP contribution in [-0.4, -0.2) is 36.9 Å². The van der Waals surface area contributed by atoms with Gasteiger partial charge >= 0.3 is 6.61 Å². The zero-order valence-corrected chi connectivity index (χ0v) is 18.7. The molecule has 3 aromatic rings. The average molecular weight is 497 g/mol. The van der Waals surface area contributed by atoms with Crippen LogP contribution in [0.1, 0.15) is 42.2 Å². The summed E-state index contributed by atoms with van der Waals surface area (Å²) in [5.74, 6) is -4.93. The highest BCUT2D eigenvalue weighted by Gasteiger charge is 2.45. The molecule has 0 spiro atoms. The van der Waals surface area contributed by atoms with E-state index >= 15 is 0 Å². The van der Waals surface area contributed by atoms with Crippen LogP contribution in [0.3, 0.4) is 0 Å². The van der Waals surface area contributed by atoms with Crippen LogP contribution in [0.4, 0.5) is 17.6 Å². The molecule has 0 bridgehead atoms. The molecule has 0 unspecified atom stereocenters. The van der Waals surface area contributed by atoms with Crippen LogP contribution in [0, 0.1) is 16.7 Å². The molecule has 1 fully saturated rings. The van der Waals surface area contributed by atoms with Crippen molar-refractivity contribution in [2.45, 2.75) is 38.7 Å².